The Bertz CT molecular complexity index is 429. The molecule has 0 bridgehead atoms. The molecule has 0 aliphatic rings. The van der Waals surface area contributed by atoms with Gasteiger partial charge in [-0.25, -0.2) is 0 Å². The van der Waals surface area contributed by atoms with E-state index in [9.17, 15) is 14.7 Å². The van der Waals surface area contributed by atoms with Crippen LogP contribution >= 0.6 is 0 Å². The second-order valence-electron chi connectivity index (χ2n) is 3.77. The van der Waals surface area contributed by atoms with Gasteiger partial charge in [0, 0.05) is 13.0 Å². The third-order valence-corrected chi connectivity index (χ3v) is 2.25. The summed E-state index contributed by atoms with van der Waals surface area (Å²) in [6.07, 6.45) is 0.383. The Morgan fingerprint density at radius 1 is 1.35 bits per heavy atom. The Morgan fingerprint density at radius 2 is 2.06 bits per heavy atom. The van der Waals surface area contributed by atoms with Gasteiger partial charge in [0.15, 0.2) is 0 Å². The van der Waals surface area contributed by atoms with Crippen molar-refractivity contribution in [3.63, 3.8) is 0 Å². The molecule has 3 N–H and O–H groups in total. The van der Waals surface area contributed by atoms with Gasteiger partial charge in [-0.3, -0.25) is 9.59 Å². The number of carbonyl (C=O) groups is 2. The van der Waals surface area contributed by atoms with Crippen LogP contribution < -0.4 is 5.32 Å². The monoisotopic (exact) mass is 237 g/mol. The molecule has 92 valence electrons. The predicted octanol–water partition coefficient (Wildman–Crippen LogP) is 1.30. The van der Waals surface area contributed by atoms with Crippen molar-refractivity contribution in [2.24, 2.45) is 0 Å². The molecule has 5 heteroatoms. The Kier molecular flexibility index (Phi) is 4.51. The molecule has 0 saturated carbocycles. The first-order valence-corrected chi connectivity index (χ1v) is 5.30. The van der Waals surface area contributed by atoms with Crippen LogP contribution in [0, 0.1) is 6.92 Å². The third-order valence-electron chi connectivity index (χ3n) is 2.25. The molecule has 0 saturated heterocycles. The quantitative estimate of drug-likeness (QED) is 0.673. The van der Waals surface area contributed by atoms with Crippen LogP contribution in [-0.2, 0) is 4.79 Å². The Morgan fingerprint density at radius 3 is 2.71 bits per heavy atom. The topological polar surface area (TPSA) is 86.6 Å². The van der Waals surface area contributed by atoms with Crippen molar-refractivity contribution in [3.8, 4) is 5.75 Å². The lowest BCUT2D eigenvalue weighted by Crippen LogP contribution is -2.25. The summed E-state index contributed by atoms with van der Waals surface area (Å²) in [6, 6.07) is 4.75. The van der Waals surface area contributed by atoms with Crippen LogP contribution in [-0.4, -0.2) is 28.6 Å². The highest BCUT2D eigenvalue weighted by molar-refractivity contribution is 5.96. The van der Waals surface area contributed by atoms with Crippen molar-refractivity contribution in [3.05, 3.63) is 29.3 Å². The zero-order valence-electron chi connectivity index (χ0n) is 9.56. The molecule has 0 aliphatic carbocycles. The van der Waals surface area contributed by atoms with Gasteiger partial charge in [-0.15, -0.1) is 0 Å². The average molecular weight is 237 g/mol. The summed E-state index contributed by atoms with van der Waals surface area (Å²) in [6.45, 7) is 2.10. The van der Waals surface area contributed by atoms with Crippen molar-refractivity contribution in [1.82, 2.24) is 5.32 Å². The number of carboxylic acid groups (broad SMARTS) is 1. The van der Waals surface area contributed by atoms with Gasteiger partial charge < -0.3 is 15.5 Å². The third kappa shape index (κ3) is 4.14. The number of rotatable bonds is 5. The lowest BCUT2D eigenvalue weighted by atomic mass is 10.1. The molecular formula is C12H15NO4. The second-order valence-corrected chi connectivity index (χ2v) is 3.77. The van der Waals surface area contributed by atoms with E-state index in [0.29, 0.717) is 6.42 Å². The first-order chi connectivity index (χ1) is 8.00. The van der Waals surface area contributed by atoms with E-state index < -0.39 is 11.9 Å². The Hall–Kier alpha value is -2.04. The number of hydrogen-bond acceptors (Lipinski definition) is 3. The maximum Gasteiger partial charge on any atom is 0.303 e. The number of carboxylic acids is 1. The van der Waals surface area contributed by atoms with Gasteiger partial charge in [-0.2, -0.15) is 0 Å². The normalized spacial score (nSPS) is 9.94. The van der Waals surface area contributed by atoms with Crippen LogP contribution in [0.25, 0.3) is 0 Å². The maximum absolute atomic E-state index is 11.6. The highest BCUT2D eigenvalue weighted by Crippen LogP contribution is 2.17. The summed E-state index contributed by atoms with van der Waals surface area (Å²) in [5.74, 6) is -1.36. The molecular weight excluding hydrogens is 222 g/mol. The van der Waals surface area contributed by atoms with E-state index in [-0.39, 0.29) is 24.3 Å². The minimum atomic E-state index is -0.891. The van der Waals surface area contributed by atoms with Crippen molar-refractivity contribution in [2.75, 3.05) is 6.54 Å². The van der Waals surface area contributed by atoms with E-state index >= 15 is 0 Å². The van der Waals surface area contributed by atoms with Crippen LogP contribution in [0.4, 0.5) is 0 Å². The molecule has 1 aromatic carbocycles. The molecule has 0 radical (unpaired) electrons. The van der Waals surface area contributed by atoms with Gasteiger partial charge in [0.05, 0.1) is 5.56 Å². The van der Waals surface area contributed by atoms with E-state index in [1.54, 1.807) is 12.1 Å². The van der Waals surface area contributed by atoms with E-state index in [4.69, 9.17) is 5.11 Å². The van der Waals surface area contributed by atoms with Gasteiger partial charge >= 0.3 is 5.97 Å². The van der Waals surface area contributed by atoms with Gasteiger partial charge in [-0.1, -0.05) is 11.6 Å². The van der Waals surface area contributed by atoms with Crippen molar-refractivity contribution in [2.45, 2.75) is 19.8 Å². The molecule has 0 spiro atoms. The highest BCUT2D eigenvalue weighted by atomic mass is 16.4. The number of benzene rings is 1. The number of phenolic OH excluding ortho intramolecular Hbond substituents is 1. The zero-order chi connectivity index (χ0) is 12.8. The number of aliphatic carboxylic acids is 1. The second kappa shape index (κ2) is 5.89. The summed E-state index contributed by atoms with van der Waals surface area (Å²) in [7, 11) is 0. The van der Waals surface area contributed by atoms with Crippen molar-refractivity contribution in [1.29, 1.82) is 0 Å². The number of hydrogen-bond donors (Lipinski definition) is 3. The van der Waals surface area contributed by atoms with Crippen molar-refractivity contribution >= 4 is 11.9 Å². The lowest BCUT2D eigenvalue weighted by molar-refractivity contribution is -0.137. The number of aromatic hydroxyl groups is 1. The minimum absolute atomic E-state index is 0.0140. The van der Waals surface area contributed by atoms with Gasteiger partial charge in [-0.05, 0) is 25.5 Å². The van der Waals surface area contributed by atoms with Crippen LogP contribution in [0.5, 0.6) is 5.75 Å². The fourth-order valence-corrected chi connectivity index (χ4v) is 1.37. The van der Waals surface area contributed by atoms with Crippen LogP contribution in [0.3, 0.4) is 0 Å². The van der Waals surface area contributed by atoms with Crippen LogP contribution in [0.2, 0.25) is 0 Å². The van der Waals surface area contributed by atoms with Gasteiger partial charge in [0.1, 0.15) is 5.75 Å². The first kappa shape index (κ1) is 13.0. The van der Waals surface area contributed by atoms with E-state index in [1.165, 1.54) is 6.07 Å². The van der Waals surface area contributed by atoms with E-state index in [1.807, 2.05) is 6.92 Å². The summed E-state index contributed by atoms with van der Waals surface area (Å²) in [4.78, 5) is 21.9. The fraction of sp³-hybridized carbons (Fsp3) is 0.333. The summed E-state index contributed by atoms with van der Waals surface area (Å²) in [5, 5.41) is 20.5. The molecule has 1 amide bonds. The number of phenols is 1. The molecule has 5 nitrogen and oxygen atoms in total. The minimum Gasteiger partial charge on any atom is -0.507 e. The van der Waals surface area contributed by atoms with Crippen LogP contribution in [0.1, 0.15) is 28.8 Å². The average Bonchev–Trinajstić information content (AvgIpc) is 2.27. The molecule has 0 fully saturated rings. The van der Waals surface area contributed by atoms with Crippen LogP contribution in [0.15, 0.2) is 18.2 Å². The first-order valence-electron chi connectivity index (χ1n) is 5.30. The van der Waals surface area contributed by atoms with Crippen molar-refractivity contribution < 1.29 is 19.8 Å². The molecule has 0 atom stereocenters. The largest absolute Gasteiger partial charge is 0.507 e. The smallest absolute Gasteiger partial charge is 0.303 e. The molecule has 1 rings (SSSR count). The standard InChI is InChI=1S/C12H15NO4/c1-8-4-5-10(14)9(7-8)12(17)13-6-2-3-11(15)16/h4-5,7,14H,2-3,6H2,1H3,(H,13,17)(H,15,16). The predicted molar refractivity (Wildman–Crippen MR) is 62.0 cm³/mol. The van der Waals surface area contributed by atoms with E-state index in [2.05, 4.69) is 5.32 Å². The molecule has 0 aliphatic heterocycles. The number of amides is 1. The highest BCUT2D eigenvalue weighted by Gasteiger charge is 2.10. The summed E-state index contributed by atoms with van der Waals surface area (Å²) >= 11 is 0. The van der Waals surface area contributed by atoms with Gasteiger partial charge in [0.25, 0.3) is 5.91 Å². The lowest BCUT2D eigenvalue weighted by Gasteiger charge is -2.06. The summed E-state index contributed by atoms with van der Waals surface area (Å²) in [5.41, 5.74) is 1.08. The molecule has 0 aromatic heterocycles. The summed E-state index contributed by atoms with van der Waals surface area (Å²) < 4.78 is 0. The fourth-order valence-electron chi connectivity index (χ4n) is 1.37. The molecule has 0 unspecified atom stereocenters. The number of aryl methyl sites for hydroxylation is 1. The Balaban J connectivity index is 2.52. The SMILES string of the molecule is Cc1ccc(O)c(C(=O)NCCCC(=O)O)c1. The zero-order valence-corrected chi connectivity index (χ0v) is 9.56. The maximum atomic E-state index is 11.6. The number of nitrogens with one attached hydrogen (secondary N) is 1. The molecule has 0 heterocycles. The van der Waals surface area contributed by atoms with E-state index in [0.717, 1.165) is 5.56 Å². The molecule has 17 heavy (non-hydrogen) atoms. The number of carbonyl (C=O) groups excluding carboxylic acids is 1. The molecule has 1 aromatic rings. The Labute approximate surface area is 99.1 Å². The van der Waals surface area contributed by atoms with Gasteiger partial charge in [0.2, 0.25) is 0 Å².